The Morgan fingerprint density at radius 3 is 1.31 bits per heavy atom. The van der Waals surface area contributed by atoms with Crippen LogP contribution in [0.3, 0.4) is 0 Å². The molecule has 1 fully saturated rings. The van der Waals surface area contributed by atoms with Gasteiger partial charge in [-0.25, -0.2) is 20.2 Å². The molecule has 0 aromatic rings. The number of nitro groups is 2. The molecule has 1 heterocycles. The van der Waals surface area contributed by atoms with E-state index in [0.717, 1.165) is 10.0 Å². The summed E-state index contributed by atoms with van der Waals surface area (Å²) >= 11 is 0. The van der Waals surface area contributed by atoms with Crippen LogP contribution in [0, 0.1) is 20.2 Å². The van der Waals surface area contributed by atoms with Crippen LogP contribution in [0.15, 0.2) is 0 Å². The van der Waals surface area contributed by atoms with Crippen LogP contribution in [0.25, 0.3) is 0 Å². The molecule has 0 aromatic carbocycles. The molecule has 0 aliphatic carbocycles. The van der Waals surface area contributed by atoms with Crippen molar-refractivity contribution in [1.29, 1.82) is 0 Å². The summed E-state index contributed by atoms with van der Waals surface area (Å²) < 4.78 is 2.47. The molecule has 88 valence electrons. The molecule has 0 atom stereocenters. The summed E-state index contributed by atoms with van der Waals surface area (Å²) in [4.78, 5) is 21.2. The summed E-state index contributed by atoms with van der Waals surface area (Å²) in [7, 11) is 0. The Bertz CT molecular complexity index is 305. The second-order valence-corrected chi connectivity index (χ2v) is 3.40. The Balaban J connectivity index is 2.78. The highest BCUT2D eigenvalue weighted by Crippen LogP contribution is 1.98. The summed E-state index contributed by atoms with van der Waals surface area (Å²) in [5, 5.41) is 21.8. The van der Waals surface area contributed by atoms with Gasteiger partial charge in [0.2, 0.25) is 0 Å². The first kappa shape index (κ1) is 11.8. The first-order valence-electron chi connectivity index (χ1n) is 4.29. The highest BCUT2D eigenvalue weighted by molar-refractivity contribution is 5.14. The Morgan fingerprint density at radius 1 is 0.875 bits per heavy atom. The zero-order chi connectivity index (χ0) is 12.3. The van der Waals surface area contributed by atoms with Crippen LogP contribution in [0.4, 0.5) is 0 Å². The molecule has 0 amide bonds. The average molecular weight is 232 g/mol. The van der Waals surface area contributed by atoms with Crippen molar-refractivity contribution in [2.45, 2.75) is 0 Å². The summed E-state index contributed by atoms with van der Waals surface area (Å²) in [6, 6.07) is 0. The van der Waals surface area contributed by atoms with Crippen LogP contribution in [-0.2, 0) is 0 Å². The van der Waals surface area contributed by atoms with Crippen molar-refractivity contribution in [2.75, 3.05) is 26.7 Å². The third kappa shape index (κ3) is 2.87. The molecule has 10 heteroatoms. The molecule has 0 spiro atoms. The van der Waals surface area contributed by atoms with Gasteiger partial charge in [0.15, 0.2) is 10.1 Å². The first-order valence-corrected chi connectivity index (χ1v) is 4.29. The fraction of sp³-hybridized carbons (Fsp3) is 0.667. The van der Waals surface area contributed by atoms with Gasteiger partial charge in [0.1, 0.15) is 13.4 Å². The molecule has 1 aliphatic rings. The Labute approximate surface area is 90.5 Å². The van der Waals surface area contributed by atoms with E-state index in [0.29, 0.717) is 0 Å². The molecule has 1 rings (SSSR count). The molecule has 10 nitrogen and oxygen atoms in total. The summed E-state index contributed by atoms with van der Waals surface area (Å²) in [5.41, 5.74) is 0. The third-order valence-electron chi connectivity index (χ3n) is 1.91. The molecule has 1 aliphatic heterocycles. The summed E-state index contributed by atoms with van der Waals surface area (Å²) in [5.74, 6) is 0. The molecule has 16 heavy (non-hydrogen) atoms. The Hall–Kier alpha value is -2.26. The van der Waals surface area contributed by atoms with Gasteiger partial charge in [0.25, 0.3) is 26.7 Å². The molecule has 0 N–H and O–H groups in total. The maximum absolute atomic E-state index is 10.6. The molecular weight excluding hydrogens is 220 g/mol. The van der Waals surface area contributed by atoms with E-state index >= 15 is 0 Å². The fourth-order valence-corrected chi connectivity index (χ4v) is 1.31. The predicted molar refractivity (Wildman–Crippen MR) is 51.9 cm³/mol. The van der Waals surface area contributed by atoms with Crippen molar-refractivity contribution in [3.05, 3.63) is 20.2 Å². The average Bonchev–Trinajstić information content (AvgIpc) is 2.12. The van der Waals surface area contributed by atoms with E-state index in [1.54, 1.807) is 0 Å². The van der Waals surface area contributed by atoms with Gasteiger partial charge in [-0.15, -0.1) is 0 Å². The Morgan fingerprint density at radius 2 is 1.12 bits per heavy atom. The van der Waals surface area contributed by atoms with Gasteiger partial charge >= 0.3 is 0 Å². The van der Waals surface area contributed by atoms with Gasteiger partial charge in [-0.05, 0) is 10.0 Å². The quantitative estimate of drug-likeness (QED) is 0.318. The lowest BCUT2D eigenvalue weighted by molar-refractivity contribution is -0.820. The van der Waals surface area contributed by atoms with E-state index in [4.69, 9.17) is 0 Å². The standard InChI is InChI=1S/C6H12N6O4/c1-7-3-9(11(13)14)5-8(2)6-10(4-7)12(15)16/h1-6H2/q+2. The van der Waals surface area contributed by atoms with Gasteiger partial charge < -0.3 is 0 Å². The van der Waals surface area contributed by atoms with Crippen LogP contribution in [-0.4, -0.2) is 69.3 Å². The topological polar surface area (TPSA) is 98.8 Å². The SMILES string of the molecule is C=[N+]1CN([N+](=O)[O-])C[N+](=C)CN([N+](=O)[O-])C1. The maximum atomic E-state index is 10.6. The zero-order valence-corrected chi connectivity index (χ0v) is 8.56. The monoisotopic (exact) mass is 232 g/mol. The van der Waals surface area contributed by atoms with Crippen molar-refractivity contribution in [1.82, 2.24) is 10.0 Å². The molecule has 0 unspecified atom stereocenters. The van der Waals surface area contributed by atoms with Gasteiger partial charge in [-0.2, -0.15) is 9.15 Å². The van der Waals surface area contributed by atoms with E-state index in [2.05, 4.69) is 13.4 Å². The molecule has 0 bridgehead atoms. The lowest BCUT2D eigenvalue weighted by Gasteiger charge is -2.17. The van der Waals surface area contributed by atoms with Crippen molar-refractivity contribution in [2.24, 2.45) is 0 Å². The second-order valence-electron chi connectivity index (χ2n) is 3.40. The number of nitrogens with zero attached hydrogens (tertiary/aromatic N) is 6. The van der Waals surface area contributed by atoms with Crippen LogP contribution in [0.1, 0.15) is 0 Å². The van der Waals surface area contributed by atoms with Gasteiger partial charge in [-0.3, -0.25) is 0 Å². The van der Waals surface area contributed by atoms with Gasteiger partial charge in [0, 0.05) is 0 Å². The first-order chi connectivity index (χ1) is 7.40. The zero-order valence-electron chi connectivity index (χ0n) is 8.56. The lowest BCUT2D eigenvalue weighted by atomic mass is 10.7. The lowest BCUT2D eigenvalue weighted by Crippen LogP contribution is -2.51. The largest absolute Gasteiger partial charge is 0.279 e. The number of hydrogen-bond acceptors (Lipinski definition) is 4. The van der Waals surface area contributed by atoms with Crippen molar-refractivity contribution >= 4 is 13.4 Å². The van der Waals surface area contributed by atoms with Crippen LogP contribution in [0.5, 0.6) is 0 Å². The maximum Gasteiger partial charge on any atom is 0.279 e. The minimum atomic E-state index is -0.585. The summed E-state index contributed by atoms with van der Waals surface area (Å²) in [6.45, 7) is 6.55. The van der Waals surface area contributed by atoms with Crippen LogP contribution >= 0.6 is 0 Å². The van der Waals surface area contributed by atoms with Crippen molar-refractivity contribution in [3.63, 3.8) is 0 Å². The summed E-state index contributed by atoms with van der Waals surface area (Å²) in [6.07, 6.45) is 0. The highest BCUT2D eigenvalue weighted by atomic mass is 16.7. The number of rotatable bonds is 2. The van der Waals surface area contributed by atoms with Gasteiger partial charge in [0.05, 0.1) is 0 Å². The molecular formula is C6H12N6O4+2. The molecule has 1 saturated heterocycles. The van der Waals surface area contributed by atoms with Crippen LogP contribution in [0.2, 0.25) is 0 Å². The molecule has 0 radical (unpaired) electrons. The molecule has 0 aromatic heterocycles. The van der Waals surface area contributed by atoms with Crippen molar-refractivity contribution in [3.8, 4) is 0 Å². The van der Waals surface area contributed by atoms with E-state index in [9.17, 15) is 20.2 Å². The van der Waals surface area contributed by atoms with E-state index in [1.165, 1.54) is 9.15 Å². The smallest absolute Gasteiger partial charge is 0.234 e. The number of hydrogen-bond donors (Lipinski definition) is 0. The third-order valence-corrected chi connectivity index (χ3v) is 1.91. The highest BCUT2D eigenvalue weighted by Gasteiger charge is 2.34. The minimum Gasteiger partial charge on any atom is -0.234 e. The predicted octanol–water partition coefficient (Wildman–Crippen LogP) is -1.76. The van der Waals surface area contributed by atoms with E-state index in [1.807, 2.05) is 0 Å². The van der Waals surface area contributed by atoms with Gasteiger partial charge in [-0.1, -0.05) is 0 Å². The minimum absolute atomic E-state index is 0.108. The molecule has 0 saturated carbocycles. The Kier molecular flexibility index (Phi) is 3.33. The second kappa shape index (κ2) is 4.51. The van der Waals surface area contributed by atoms with E-state index in [-0.39, 0.29) is 26.7 Å². The normalized spacial score (nSPS) is 18.0. The number of hydrazine groups is 2. The van der Waals surface area contributed by atoms with E-state index < -0.39 is 10.1 Å². The van der Waals surface area contributed by atoms with Crippen molar-refractivity contribution < 1.29 is 19.2 Å². The fourth-order valence-electron chi connectivity index (χ4n) is 1.31. The van der Waals surface area contributed by atoms with Crippen LogP contribution < -0.4 is 0 Å².